The molecule has 14 nitrogen and oxygen atoms in total. The summed E-state index contributed by atoms with van der Waals surface area (Å²) in [6.07, 6.45) is -7.01. The fraction of sp³-hybridized carbons (Fsp3) is 0.515. The van der Waals surface area contributed by atoms with E-state index in [1.807, 2.05) is 29.1 Å². The highest BCUT2D eigenvalue weighted by Gasteiger charge is 2.41. The van der Waals surface area contributed by atoms with E-state index in [1.165, 1.54) is 33.5 Å². The molecule has 50 heavy (non-hydrogen) atoms. The van der Waals surface area contributed by atoms with Crippen molar-refractivity contribution in [1.82, 2.24) is 26.8 Å². The molecule has 0 heterocycles. The molecule has 0 fully saturated rings. The van der Waals surface area contributed by atoms with Crippen LogP contribution in [0.2, 0.25) is 0 Å². The smallest absolute Gasteiger partial charge is 0.408 e. The Hall–Kier alpha value is -4.93. The molecule has 0 saturated carbocycles. The minimum atomic E-state index is -4.94. The van der Waals surface area contributed by atoms with Crippen molar-refractivity contribution in [3.05, 3.63) is 53.6 Å². The van der Waals surface area contributed by atoms with Crippen LogP contribution in [0.5, 0.6) is 17.2 Å². The zero-order valence-corrected chi connectivity index (χ0v) is 29.0. The average Bonchev–Trinajstić information content (AvgIpc) is 3.05. The summed E-state index contributed by atoms with van der Waals surface area (Å²) in [5.74, 6) is -1.08. The van der Waals surface area contributed by atoms with Gasteiger partial charge in [-0.3, -0.25) is 15.0 Å². The standard InChI is InChI=1S/C33H46F3N5O9/c1-32(2,3)50-31(45)39-23(14-10-11-15-37-30(44)49-20-21-12-8-7-9-13-21)29(43)41-40-26(33(34,35)36)18-27(42)38-19-22-16-24(46-4)28(48-6)25(17-22)47-5/h7-9,12-13,16-17,23,26,40H,10-11,14-15,18-20H2,1-6H3,(H,37,44)(H,38,42)(H,39,45)(H,41,43)/t23-,26?/m0/s1. The molecule has 4 amide bonds. The van der Waals surface area contributed by atoms with E-state index in [9.17, 15) is 32.3 Å². The number of ether oxygens (including phenoxy) is 5. The maximum absolute atomic E-state index is 13.9. The fourth-order valence-corrected chi connectivity index (χ4v) is 4.35. The van der Waals surface area contributed by atoms with Crippen LogP contribution in [-0.2, 0) is 32.2 Å². The molecule has 0 bridgehead atoms. The van der Waals surface area contributed by atoms with E-state index in [2.05, 4.69) is 16.0 Å². The number of hydrazine groups is 1. The summed E-state index contributed by atoms with van der Waals surface area (Å²) in [6, 6.07) is 8.34. The summed E-state index contributed by atoms with van der Waals surface area (Å²) in [4.78, 5) is 50.0. The highest BCUT2D eigenvalue weighted by molar-refractivity contribution is 5.85. The number of alkyl carbamates (subject to hydrolysis) is 2. The zero-order chi connectivity index (χ0) is 37.3. The third kappa shape index (κ3) is 15.1. The van der Waals surface area contributed by atoms with Crippen LogP contribution in [-0.4, -0.2) is 75.7 Å². The van der Waals surface area contributed by atoms with Crippen molar-refractivity contribution in [2.24, 2.45) is 0 Å². The Balaban J connectivity index is 1.96. The molecule has 0 spiro atoms. The molecule has 1 unspecified atom stereocenters. The van der Waals surface area contributed by atoms with Crippen LogP contribution in [0.25, 0.3) is 0 Å². The molecule has 2 rings (SSSR count). The number of rotatable bonds is 18. The number of benzene rings is 2. The van der Waals surface area contributed by atoms with Crippen LogP contribution in [0.15, 0.2) is 42.5 Å². The van der Waals surface area contributed by atoms with Gasteiger partial charge in [0.2, 0.25) is 11.7 Å². The fourth-order valence-electron chi connectivity index (χ4n) is 4.35. The average molecular weight is 714 g/mol. The molecule has 0 radical (unpaired) electrons. The first-order chi connectivity index (χ1) is 23.6. The molecular formula is C33H46F3N5O9. The Morgan fingerprint density at radius 1 is 0.820 bits per heavy atom. The SMILES string of the molecule is COc1cc(CNC(=O)CC(NNC(=O)[C@H](CCCCNC(=O)OCc2ccccc2)NC(=O)OC(C)(C)C)C(F)(F)F)cc(OC)c1OC. The first kappa shape index (κ1) is 41.2. The predicted octanol–water partition coefficient (Wildman–Crippen LogP) is 4.26. The van der Waals surface area contributed by atoms with E-state index in [0.29, 0.717) is 29.2 Å². The lowest BCUT2D eigenvalue weighted by atomic mass is 10.1. The van der Waals surface area contributed by atoms with Crippen molar-refractivity contribution >= 4 is 24.0 Å². The van der Waals surface area contributed by atoms with Crippen LogP contribution >= 0.6 is 0 Å². The second-order valence-corrected chi connectivity index (χ2v) is 11.9. The molecule has 2 aromatic carbocycles. The minimum Gasteiger partial charge on any atom is -0.493 e. The van der Waals surface area contributed by atoms with Crippen LogP contribution in [0.1, 0.15) is 57.6 Å². The van der Waals surface area contributed by atoms with Gasteiger partial charge in [0.1, 0.15) is 24.3 Å². The number of methoxy groups -OCH3 is 3. The van der Waals surface area contributed by atoms with Gasteiger partial charge in [-0.05, 0) is 63.3 Å². The molecule has 0 aliphatic carbocycles. The number of amides is 4. The minimum absolute atomic E-state index is 0.0144. The summed E-state index contributed by atoms with van der Waals surface area (Å²) < 4.78 is 67.8. The largest absolute Gasteiger partial charge is 0.493 e. The van der Waals surface area contributed by atoms with Gasteiger partial charge in [-0.2, -0.15) is 13.2 Å². The van der Waals surface area contributed by atoms with Crippen molar-refractivity contribution in [2.45, 2.75) is 83.5 Å². The Morgan fingerprint density at radius 2 is 1.46 bits per heavy atom. The zero-order valence-electron chi connectivity index (χ0n) is 29.0. The van der Waals surface area contributed by atoms with Gasteiger partial charge in [-0.15, -0.1) is 0 Å². The van der Waals surface area contributed by atoms with Crippen LogP contribution < -0.4 is 41.0 Å². The lowest BCUT2D eigenvalue weighted by Crippen LogP contribution is -2.57. The number of halogens is 3. The van der Waals surface area contributed by atoms with Crippen molar-refractivity contribution < 1.29 is 56.0 Å². The lowest BCUT2D eigenvalue weighted by Gasteiger charge is -2.25. The van der Waals surface area contributed by atoms with Gasteiger partial charge >= 0.3 is 18.4 Å². The number of carbonyl (C=O) groups excluding carboxylic acids is 4. The van der Waals surface area contributed by atoms with E-state index >= 15 is 0 Å². The van der Waals surface area contributed by atoms with Crippen molar-refractivity contribution in [2.75, 3.05) is 27.9 Å². The Morgan fingerprint density at radius 3 is 2.02 bits per heavy atom. The monoisotopic (exact) mass is 713 g/mol. The van der Waals surface area contributed by atoms with Crippen molar-refractivity contribution in [1.29, 1.82) is 0 Å². The molecule has 0 aromatic heterocycles. The molecule has 2 atom stereocenters. The second-order valence-electron chi connectivity index (χ2n) is 11.9. The van der Waals surface area contributed by atoms with Crippen LogP contribution in [0, 0.1) is 0 Å². The molecule has 0 aliphatic rings. The highest BCUT2D eigenvalue weighted by atomic mass is 19.4. The molecule has 17 heteroatoms. The normalized spacial score (nSPS) is 12.5. The van der Waals surface area contributed by atoms with Gasteiger partial charge in [-0.25, -0.2) is 15.0 Å². The van der Waals surface area contributed by atoms with Gasteiger partial charge < -0.3 is 39.6 Å². The van der Waals surface area contributed by atoms with E-state index in [0.717, 1.165) is 5.56 Å². The summed E-state index contributed by atoms with van der Waals surface area (Å²) in [7, 11) is 4.20. The Labute approximate surface area is 289 Å². The maximum Gasteiger partial charge on any atom is 0.408 e. The molecule has 278 valence electrons. The van der Waals surface area contributed by atoms with E-state index in [4.69, 9.17) is 23.7 Å². The molecule has 0 saturated heterocycles. The topological polar surface area (TPSA) is 175 Å². The first-order valence-electron chi connectivity index (χ1n) is 15.7. The summed E-state index contributed by atoms with van der Waals surface area (Å²) in [5, 5.41) is 7.35. The number of unbranched alkanes of at least 4 members (excludes halogenated alkanes) is 1. The second kappa shape index (κ2) is 19.9. The number of hydrogen-bond donors (Lipinski definition) is 5. The lowest BCUT2D eigenvalue weighted by molar-refractivity contribution is -0.165. The number of hydrogen-bond acceptors (Lipinski definition) is 10. The number of carbonyl (C=O) groups is 4. The van der Waals surface area contributed by atoms with E-state index in [-0.39, 0.29) is 32.5 Å². The van der Waals surface area contributed by atoms with Crippen LogP contribution in [0.3, 0.4) is 0 Å². The highest BCUT2D eigenvalue weighted by Crippen LogP contribution is 2.38. The quantitative estimate of drug-likeness (QED) is 0.111. The summed E-state index contributed by atoms with van der Waals surface area (Å²) in [6.45, 7) is 4.91. The summed E-state index contributed by atoms with van der Waals surface area (Å²) in [5.41, 5.74) is 4.21. The van der Waals surface area contributed by atoms with E-state index < -0.39 is 54.3 Å². The van der Waals surface area contributed by atoms with Gasteiger partial charge in [-0.1, -0.05) is 30.3 Å². The number of alkyl halides is 3. The van der Waals surface area contributed by atoms with E-state index in [1.54, 1.807) is 32.9 Å². The van der Waals surface area contributed by atoms with Gasteiger partial charge in [0.05, 0.1) is 27.8 Å². The Kier molecular flexibility index (Phi) is 16.4. The van der Waals surface area contributed by atoms with Crippen LogP contribution in [0.4, 0.5) is 22.8 Å². The number of nitrogens with one attached hydrogen (secondary N) is 5. The third-order valence-corrected chi connectivity index (χ3v) is 6.78. The van der Waals surface area contributed by atoms with Crippen molar-refractivity contribution in [3.8, 4) is 17.2 Å². The van der Waals surface area contributed by atoms with Gasteiger partial charge in [0.25, 0.3) is 5.91 Å². The maximum atomic E-state index is 13.9. The molecular weight excluding hydrogens is 667 g/mol. The Bertz CT molecular complexity index is 1380. The third-order valence-electron chi connectivity index (χ3n) is 6.78. The first-order valence-corrected chi connectivity index (χ1v) is 15.7. The van der Waals surface area contributed by atoms with Crippen molar-refractivity contribution in [3.63, 3.8) is 0 Å². The predicted molar refractivity (Wildman–Crippen MR) is 175 cm³/mol. The summed E-state index contributed by atoms with van der Waals surface area (Å²) >= 11 is 0. The van der Waals surface area contributed by atoms with Gasteiger partial charge in [0.15, 0.2) is 11.5 Å². The molecule has 5 N–H and O–H groups in total. The molecule has 2 aromatic rings. The molecule has 0 aliphatic heterocycles. The van der Waals surface area contributed by atoms with Gasteiger partial charge in [0, 0.05) is 13.1 Å².